The average molecular weight is 286 g/mol. The molecule has 0 radical (unpaired) electrons. The van der Waals surface area contributed by atoms with Crippen molar-refractivity contribution in [3.8, 4) is 16.9 Å². The summed E-state index contributed by atoms with van der Waals surface area (Å²) in [4.78, 5) is 0. The van der Waals surface area contributed by atoms with Gasteiger partial charge in [0.1, 0.15) is 0 Å². The summed E-state index contributed by atoms with van der Waals surface area (Å²) in [6.07, 6.45) is 0. The Morgan fingerprint density at radius 1 is 0.850 bits per heavy atom. The smallest absolute Gasteiger partial charge is 0.201 e. The molecule has 2 aromatic rings. The van der Waals surface area contributed by atoms with Crippen LogP contribution in [0.2, 0.25) is 0 Å². The van der Waals surface area contributed by atoms with Gasteiger partial charge in [-0.05, 0) is 12.1 Å². The van der Waals surface area contributed by atoms with E-state index >= 15 is 0 Å². The standard InChI is InChI=1S/C14H10F4O2/c1-20-10-5-4-9(13(17)14(10)18)8-3-2-7(6-19)11(15)12(8)16/h2-5,19H,6H2,1H3. The van der Waals surface area contributed by atoms with E-state index in [0.717, 1.165) is 31.4 Å². The van der Waals surface area contributed by atoms with Crippen LogP contribution in [0.4, 0.5) is 17.6 Å². The number of ether oxygens (including phenoxy) is 1. The molecule has 0 spiro atoms. The molecule has 2 rings (SSSR count). The molecule has 0 saturated carbocycles. The molecule has 0 unspecified atom stereocenters. The van der Waals surface area contributed by atoms with Crippen LogP contribution >= 0.6 is 0 Å². The zero-order valence-electron chi connectivity index (χ0n) is 10.4. The van der Waals surface area contributed by atoms with Gasteiger partial charge >= 0.3 is 0 Å². The molecule has 0 aliphatic heterocycles. The van der Waals surface area contributed by atoms with Crippen LogP contribution < -0.4 is 4.74 Å². The lowest BCUT2D eigenvalue weighted by molar-refractivity contribution is 0.273. The molecule has 1 N–H and O–H groups in total. The Labute approximate surface area is 112 Å². The molecular formula is C14H10F4O2. The van der Waals surface area contributed by atoms with E-state index < -0.39 is 41.0 Å². The van der Waals surface area contributed by atoms with Crippen molar-refractivity contribution in [1.29, 1.82) is 0 Å². The third-order valence-corrected chi connectivity index (χ3v) is 2.89. The van der Waals surface area contributed by atoms with Crippen molar-refractivity contribution in [2.24, 2.45) is 0 Å². The second-order valence-corrected chi connectivity index (χ2v) is 4.00. The van der Waals surface area contributed by atoms with E-state index in [9.17, 15) is 17.6 Å². The zero-order valence-corrected chi connectivity index (χ0v) is 10.4. The Morgan fingerprint density at radius 2 is 1.40 bits per heavy atom. The highest BCUT2D eigenvalue weighted by atomic mass is 19.2. The minimum atomic E-state index is -1.35. The van der Waals surface area contributed by atoms with Gasteiger partial charge in [0, 0.05) is 16.7 Å². The largest absolute Gasteiger partial charge is 0.494 e. The van der Waals surface area contributed by atoms with Crippen molar-refractivity contribution in [2.75, 3.05) is 7.11 Å². The molecule has 2 nitrogen and oxygen atoms in total. The van der Waals surface area contributed by atoms with Gasteiger partial charge in [-0.1, -0.05) is 12.1 Å². The fraction of sp³-hybridized carbons (Fsp3) is 0.143. The Bertz CT molecular complexity index is 599. The van der Waals surface area contributed by atoms with Crippen molar-refractivity contribution in [3.05, 3.63) is 53.1 Å². The second-order valence-electron chi connectivity index (χ2n) is 4.00. The molecule has 0 aliphatic carbocycles. The van der Waals surface area contributed by atoms with Crippen molar-refractivity contribution in [1.82, 2.24) is 0 Å². The molecule has 0 fully saturated rings. The van der Waals surface area contributed by atoms with E-state index in [1.54, 1.807) is 0 Å². The Morgan fingerprint density at radius 3 is 1.95 bits per heavy atom. The van der Waals surface area contributed by atoms with E-state index in [1.807, 2.05) is 0 Å². The second kappa shape index (κ2) is 5.50. The monoisotopic (exact) mass is 286 g/mol. The van der Waals surface area contributed by atoms with Gasteiger partial charge in [0.05, 0.1) is 13.7 Å². The molecular weight excluding hydrogens is 276 g/mol. The van der Waals surface area contributed by atoms with Gasteiger partial charge in [-0.15, -0.1) is 0 Å². The molecule has 0 saturated heterocycles. The van der Waals surface area contributed by atoms with Crippen molar-refractivity contribution in [3.63, 3.8) is 0 Å². The van der Waals surface area contributed by atoms with Gasteiger partial charge in [0.2, 0.25) is 5.82 Å². The van der Waals surface area contributed by atoms with Crippen LogP contribution in [0.3, 0.4) is 0 Å². The lowest BCUT2D eigenvalue weighted by atomic mass is 10.0. The van der Waals surface area contributed by atoms with Crippen molar-refractivity contribution >= 4 is 0 Å². The molecule has 106 valence electrons. The predicted octanol–water partition coefficient (Wildman–Crippen LogP) is 3.41. The maximum Gasteiger partial charge on any atom is 0.201 e. The minimum Gasteiger partial charge on any atom is -0.494 e. The quantitative estimate of drug-likeness (QED) is 0.876. The van der Waals surface area contributed by atoms with Crippen LogP contribution in [-0.4, -0.2) is 12.2 Å². The summed E-state index contributed by atoms with van der Waals surface area (Å²) in [7, 11) is 1.16. The van der Waals surface area contributed by atoms with Gasteiger partial charge in [0.15, 0.2) is 23.2 Å². The van der Waals surface area contributed by atoms with Crippen molar-refractivity contribution < 1.29 is 27.4 Å². The highest BCUT2D eigenvalue weighted by Gasteiger charge is 2.20. The maximum absolute atomic E-state index is 13.8. The van der Waals surface area contributed by atoms with Gasteiger partial charge in [-0.3, -0.25) is 0 Å². The fourth-order valence-electron chi connectivity index (χ4n) is 1.82. The van der Waals surface area contributed by atoms with Gasteiger partial charge in [0.25, 0.3) is 0 Å². The van der Waals surface area contributed by atoms with Crippen LogP contribution in [-0.2, 0) is 6.61 Å². The Balaban J connectivity index is 2.64. The number of halogens is 4. The normalized spacial score (nSPS) is 10.7. The van der Waals surface area contributed by atoms with Crippen LogP contribution in [0.25, 0.3) is 11.1 Å². The van der Waals surface area contributed by atoms with Crippen molar-refractivity contribution in [2.45, 2.75) is 6.61 Å². The SMILES string of the molecule is COc1ccc(-c2ccc(CO)c(F)c2F)c(F)c1F. The molecule has 0 bridgehead atoms. The van der Waals surface area contributed by atoms with Gasteiger partial charge in [-0.25, -0.2) is 13.2 Å². The predicted molar refractivity (Wildman–Crippen MR) is 64.2 cm³/mol. The van der Waals surface area contributed by atoms with E-state index in [0.29, 0.717) is 0 Å². The number of hydrogen-bond acceptors (Lipinski definition) is 2. The molecule has 20 heavy (non-hydrogen) atoms. The first kappa shape index (κ1) is 14.3. The number of rotatable bonds is 3. The summed E-state index contributed by atoms with van der Waals surface area (Å²) >= 11 is 0. The minimum absolute atomic E-state index is 0.263. The van der Waals surface area contributed by atoms with E-state index in [2.05, 4.69) is 4.74 Å². The summed E-state index contributed by atoms with van der Waals surface area (Å²) in [6, 6.07) is 4.39. The fourth-order valence-corrected chi connectivity index (χ4v) is 1.82. The highest BCUT2D eigenvalue weighted by Crippen LogP contribution is 2.32. The molecule has 0 atom stereocenters. The maximum atomic E-state index is 13.8. The first-order valence-electron chi connectivity index (χ1n) is 5.61. The summed E-state index contributed by atoms with van der Waals surface area (Å²) < 4.78 is 59.4. The molecule has 0 aromatic heterocycles. The van der Waals surface area contributed by atoms with E-state index in [4.69, 9.17) is 5.11 Å². The molecule has 0 heterocycles. The van der Waals surface area contributed by atoms with Gasteiger partial charge < -0.3 is 9.84 Å². The number of aliphatic hydroxyl groups excluding tert-OH is 1. The topological polar surface area (TPSA) is 29.5 Å². The van der Waals surface area contributed by atoms with Crippen LogP contribution in [0.5, 0.6) is 5.75 Å². The molecule has 0 amide bonds. The first-order chi connectivity index (χ1) is 9.51. The number of aliphatic hydroxyl groups is 1. The van der Waals surface area contributed by atoms with Crippen LogP contribution in [0.1, 0.15) is 5.56 Å². The number of benzene rings is 2. The Hall–Kier alpha value is -2.08. The molecule has 0 aliphatic rings. The molecule has 6 heteroatoms. The lowest BCUT2D eigenvalue weighted by Gasteiger charge is -2.10. The molecule has 2 aromatic carbocycles. The summed E-state index contributed by atoms with van der Waals surface area (Å²) in [5, 5.41) is 8.81. The summed E-state index contributed by atoms with van der Waals surface area (Å²) in [6.45, 7) is -0.692. The summed E-state index contributed by atoms with van der Waals surface area (Å²) in [5.74, 6) is -5.59. The third-order valence-electron chi connectivity index (χ3n) is 2.89. The lowest BCUT2D eigenvalue weighted by Crippen LogP contribution is -2.00. The highest BCUT2D eigenvalue weighted by molar-refractivity contribution is 5.66. The average Bonchev–Trinajstić information content (AvgIpc) is 2.45. The van der Waals surface area contributed by atoms with Crippen LogP contribution in [0, 0.1) is 23.3 Å². The number of hydrogen-bond donors (Lipinski definition) is 1. The Kier molecular flexibility index (Phi) is 3.94. The van der Waals surface area contributed by atoms with Gasteiger partial charge in [-0.2, -0.15) is 4.39 Å². The third kappa shape index (κ3) is 2.22. The van der Waals surface area contributed by atoms with E-state index in [-0.39, 0.29) is 11.3 Å². The zero-order chi connectivity index (χ0) is 14.9. The summed E-state index contributed by atoms with van der Waals surface area (Å²) in [5.41, 5.74) is -1.12. The first-order valence-corrected chi connectivity index (χ1v) is 5.61. The number of methoxy groups -OCH3 is 1. The van der Waals surface area contributed by atoms with Crippen LogP contribution in [0.15, 0.2) is 24.3 Å². The van der Waals surface area contributed by atoms with E-state index in [1.165, 1.54) is 0 Å².